The van der Waals surface area contributed by atoms with Gasteiger partial charge < -0.3 is 14.0 Å². The lowest BCUT2D eigenvalue weighted by Crippen LogP contribution is -1.94. The third-order valence-electron chi connectivity index (χ3n) is 2.11. The Hall–Kier alpha value is -1.49. The molecule has 2 rings (SSSR count). The van der Waals surface area contributed by atoms with Crippen LogP contribution in [0.2, 0.25) is 0 Å². The molecule has 1 aromatic carbocycles. The summed E-state index contributed by atoms with van der Waals surface area (Å²) >= 11 is 3.38. The Kier molecular flexibility index (Phi) is 3.14. The summed E-state index contributed by atoms with van der Waals surface area (Å²) in [4.78, 5) is 4.08. The van der Waals surface area contributed by atoms with Crippen molar-refractivity contribution in [2.45, 2.75) is 0 Å². The zero-order valence-electron chi connectivity index (χ0n) is 8.98. The number of hydrogen-bond donors (Lipinski definition) is 0. The van der Waals surface area contributed by atoms with E-state index in [0.717, 1.165) is 10.2 Å². The van der Waals surface area contributed by atoms with E-state index in [9.17, 15) is 0 Å². The first-order chi connectivity index (χ1) is 7.70. The molecule has 4 nitrogen and oxygen atoms in total. The number of ether oxygens (including phenoxy) is 2. The van der Waals surface area contributed by atoms with Gasteiger partial charge in [0.15, 0.2) is 0 Å². The lowest BCUT2D eigenvalue weighted by Gasteiger charge is -2.07. The standard InChI is InChI=1S/C11H11BrN2O2/c1-14-6-5-13-11(14)16-8-3-4-9(12)10(7-8)15-2/h3-7H,1-2H3. The number of nitrogens with zero attached hydrogens (tertiary/aromatic N) is 2. The van der Waals surface area contributed by atoms with Crippen LogP contribution in [0.1, 0.15) is 0 Å². The topological polar surface area (TPSA) is 36.3 Å². The number of methoxy groups -OCH3 is 1. The zero-order valence-corrected chi connectivity index (χ0v) is 10.6. The Morgan fingerprint density at radius 1 is 1.38 bits per heavy atom. The van der Waals surface area contributed by atoms with Gasteiger partial charge in [-0.3, -0.25) is 0 Å². The van der Waals surface area contributed by atoms with Crippen molar-refractivity contribution in [1.82, 2.24) is 9.55 Å². The van der Waals surface area contributed by atoms with Gasteiger partial charge in [-0.2, -0.15) is 0 Å². The van der Waals surface area contributed by atoms with Crippen LogP contribution in [0.15, 0.2) is 35.1 Å². The van der Waals surface area contributed by atoms with Gasteiger partial charge in [-0.1, -0.05) is 0 Å². The summed E-state index contributed by atoms with van der Waals surface area (Å²) in [6.45, 7) is 0. The van der Waals surface area contributed by atoms with Crippen LogP contribution in [0.5, 0.6) is 17.5 Å². The van der Waals surface area contributed by atoms with Crippen LogP contribution < -0.4 is 9.47 Å². The fourth-order valence-electron chi connectivity index (χ4n) is 1.26. The van der Waals surface area contributed by atoms with Crippen molar-refractivity contribution in [2.75, 3.05) is 7.11 Å². The minimum atomic E-state index is 0.546. The predicted molar refractivity (Wildman–Crippen MR) is 64.0 cm³/mol. The van der Waals surface area contributed by atoms with Gasteiger partial charge in [0, 0.05) is 25.5 Å². The van der Waals surface area contributed by atoms with Crippen LogP contribution >= 0.6 is 15.9 Å². The summed E-state index contributed by atoms with van der Waals surface area (Å²) in [6.07, 6.45) is 3.51. The van der Waals surface area contributed by atoms with Gasteiger partial charge in [-0.05, 0) is 28.1 Å². The smallest absolute Gasteiger partial charge is 0.301 e. The average Bonchev–Trinajstić information content (AvgIpc) is 2.67. The van der Waals surface area contributed by atoms with Gasteiger partial charge in [0.05, 0.1) is 11.6 Å². The molecule has 0 unspecified atom stereocenters. The van der Waals surface area contributed by atoms with Gasteiger partial charge in [0.25, 0.3) is 0 Å². The number of aromatic nitrogens is 2. The van der Waals surface area contributed by atoms with Gasteiger partial charge in [0.1, 0.15) is 11.5 Å². The van der Waals surface area contributed by atoms with Crippen LogP contribution in [0.3, 0.4) is 0 Å². The Morgan fingerprint density at radius 2 is 2.19 bits per heavy atom. The van der Waals surface area contributed by atoms with E-state index in [-0.39, 0.29) is 0 Å². The van der Waals surface area contributed by atoms with Crippen molar-refractivity contribution in [2.24, 2.45) is 7.05 Å². The third kappa shape index (κ3) is 2.19. The first kappa shape index (κ1) is 11.0. The molecule has 0 saturated heterocycles. The highest BCUT2D eigenvalue weighted by Crippen LogP contribution is 2.30. The predicted octanol–water partition coefficient (Wildman–Crippen LogP) is 2.98. The molecule has 0 aliphatic rings. The van der Waals surface area contributed by atoms with E-state index in [1.165, 1.54) is 0 Å². The third-order valence-corrected chi connectivity index (χ3v) is 2.76. The van der Waals surface area contributed by atoms with Crippen molar-refractivity contribution >= 4 is 15.9 Å². The molecule has 0 spiro atoms. The van der Waals surface area contributed by atoms with Crippen molar-refractivity contribution < 1.29 is 9.47 Å². The lowest BCUT2D eigenvalue weighted by atomic mass is 10.3. The number of aryl methyl sites for hydroxylation is 1. The van der Waals surface area contributed by atoms with Gasteiger partial charge in [-0.15, -0.1) is 0 Å². The highest BCUT2D eigenvalue weighted by molar-refractivity contribution is 9.10. The van der Waals surface area contributed by atoms with E-state index in [2.05, 4.69) is 20.9 Å². The Labute approximate surface area is 102 Å². The van der Waals surface area contributed by atoms with Crippen LogP contribution in [0.4, 0.5) is 0 Å². The summed E-state index contributed by atoms with van der Waals surface area (Å²) in [6, 6.07) is 6.07. The van der Waals surface area contributed by atoms with E-state index in [1.54, 1.807) is 23.9 Å². The highest BCUT2D eigenvalue weighted by Gasteiger charge is 2.05. The molecular weight excluding hydrogens is 272 g/mol. The molecule has 1 aromatic heterocycles. The molecule has 0 amide bonds. The van der Waals surface area contributed by atoms with Gasteiger partial charge in [0.2, 0.25) is 0 Å². The number of imidazole rings is 1. The van der Waals surface area contributed by atoms with Gasteiger partial charge in [-0.25, -0.2) is 4.98 Å². The molecule has 5 heteroatoms. The second-order valence-corrected chi connectivity index (χ2v) is 4.07. The minimum absolute atomic E-state index is 0.546. The molecular formula is C11H11BrN2O2. The molecule has 1 heterocycles. The van der Waals surface area contributed by atoms with E-state index < -0.39 is 0 Å². The summed E-state index contributed by atoms with van der Waals surface area (Å²) in [5.74, 6) is 1.42. The summed E-state index contributed by atoms with van der Waals surface area (Å²) in [5.41, 5.74) is 0. The molecule has 0 atom stereocenters. The number of hydrogen-bond acceptors (Lipinski definition) is 3. The van der Waals surface area contributed by atoms with Crippen LogP contribution in [-0.2, 0) is 7.05 Å². The lowest BCUT2D eigenvalue weighted by molar-refractivity contribution is 0.398. The van der Waals surface area contributed by atoms with Crippen molar-refractivity contribution in [3.8, 4) is 17.5 Å². The first-order valence-electron chi connectivity index (χ1n) is 4.69. The largest absolute Gasteiger partial charge is 0.495 e. The SMILES string of the molecule is COc1cc(Oc2nccn2C)ccc1Br. The molecule has 0 aliphatic carbocycles. The monoisotopic (exact) mass is 282 g/mol. The summed E-state index contributed by atoms with van der Waals surface area (Å²) in [7, 11) is 3.49. The van der Waals surface area contributed by atoms with Crippen LogP contribution in [0.25, 0.3) is 0 Å². The fourth-order valence-corrected chi connectivity index (χ4v) is 1.67. The number of benzene rings is 1. The second-order valence-electron chi connectivity index (χ2n) is 3.22. The molecule has 0 N–H and O–H groups in total. The number of rotatable bonds is 3. The molecule has 84 valence electrons. The Morgan fingerprint density at radius 3 is 2.81 bits per heavy atom. The summed E-state index contributed by atoms with van der Waals surface area (Å²) in [5, 5.41) is 0. The average molecular weight is 283 g/mol. The van der Waals surface area contributed by atoms with Crippen molar-refractivity contribution in [3.63, 3.8) is 0 Å². The van der Waals surface area contributed by atoms with Crippen molar-refractivity contribution in [1.29, 1.82) is 0 Å². The highest BCUT2D eigenvalue weighted by atomic mass is 79.9. The van der Waals surface area contributed by atoms with E-state index in [0.29, 0.717) is 11.8 Å². The molecule has 0 radical (unpaired) electrons. The van der Waals surface area contributed by atoms with E-state index in [4.69, 9.17) is 9.47 Å². The first-order valence-corrected chi connectivity index (χ1v) is 5.48. The molecule has 16 heavy (non-hydrogen) atoms. The Balaban J connectivity index is 2.25. The molecule has 0 bridgehead atoms. The minimum Gasteiger partial charge on any atom is -0.495 e. The fraction of sp³-hybridized carbons (Fsp3) is 0.182. The maximum absolute atomic E-state index is 5.60. The maximum Gasteiger partial charge on any atom is 0.301 e. The summed E-state index contributed by atoms with van der Waals surface area (Å²) < 4.78 is 13.5. The van der Waals surface area contributed by atoms with Crippen LogP contribution in [0, 0.1) is 0 Å². The quantitative estimate of drug-likeness (QED) is 0.868. The maximum atomic E-state index is 5.60. The van der Waals surface area contributed by atoms with Gasteiger partial charge >= 0.3 is 6.01 Å². The molecule has 2 aromatic rings. The molecule has 0 aliphatic heterocycles. The normalized spacial score (nSPS) is 10.2. The van der Waals surface area contributed by atoms with E-state index in [1.807, 2.05) is 25.4 Å². The molecule has 0 fully saturated rings. The van der Waals surface area contributed by atoms with Crippen LogP contribution in [-0.4, -0.2) is 16.7 Å². The number of halogens is 1. The van der Waals surface area contributed by atoms with E-state index >= 15 is 0 Å². The Bertz CT molecular complexity index is 496. The van der Waals surface area contributed by atoms with Crippen molar-refractivity contribution in [3.05, 3.63) is 35.1 Å². The zero-order chi connectivity index (χ0) is 11.5. The molecule has 0 saturated carbocycles. The second kappa shape index (κ2) is 4.57.